The highest BCUT2D eigenvalue weighted by molar-refractivity contribution is 9.10. The van der Waals surface area contributed by atoms with Crippen LogP contribution >= 0.6 is 39.7 Å². The molecule has 0 atom stereocenters. The predicted octanol–water partition coefficient (Wildman–Crippen LogP) is 4.50. The van der Waals surface area contributed by atoms with Crippen molar-refractivity contribution in [2.75, 3.05) is 0 Å². The van der Waals surface area contributed by atoms with E-state index < -0.39 is 0 Å². The Kier molecular flexibility index (Phi) is 3.24. The minimum absolute atomic E-state index is 0.00598. The van der Waals surface area contributed by atoms with Gasteiger partial charge in [-0.25, -0.2) is 0 Å². The first-order valence-electron chi connectivity index (χ1n) is 4.22. The van der Waals surface area contributed by atoms with Crippen molar-refractivity contribution in [3.63, 3.8) is 0 Å². The number of hydrogen-bond acceptors (Lipinski definition) is 2. The summed E-state index contributed by atoms with van der Waals surface area (Å²) in [7, 11) is 0. The van der Waals surface area contributed by atoms with E-state index >= 15 is 0 Å². The lowest BCUT2D eigenvalue weighted by molar-refractivity contribution is 0.579. The van der Waals surface area contributed by atoms with Crippen molar-refractivity contribution < 1.29 is 4.74 Å². The average Bonchev–Trinajstić information content (AvgIpc) is 2.17. The number of hydrogen-bond donors (Lipinski definition) is 0. The molecule has 2 rings (SSSR count). The summed E-state index contributed by atoms with van der Waals surface area (Å²) in [5.41, 5.74) is 0. The highest BCUT2D eigenvalue weighted by atomic mass is 79.9. The normalized spacial score (nSPS) is 10.3. The number of rotatable bonds is 1. The lowest BCUT2D eigenvalue weighted by Crippen LogP contribution is -1.95. The standard InChI is InChI=1S/C11H6BrClOS/c12-9-3-1-8-6-10(14-11(13)15)4-2-7(8)5-9/h1-6H. The van der Waals surface area contributed by atoms with Crippen LogP contribution in [0.15, 0.2) is 40.9 Å². The maximum Gasteiger partial charge on any atom is 0.260 e. The summed E-state index contributed by atoms with van der Waals surface area (Å²) in [5, 5.41) is 2.22. The fourth-order valence-corrected chi connectivity index (χ4v) is 1.91. The minimum Gasteiger partial charge on any atom is -0.436 e. The van der Waals surface area contributed by atoms with Gasteiger partial charge >= 0.3 is 0 Å². The smallest absolute Gasteiger partial charge is 0.260 e. The molecular weight excluding hydrogens is 296 g/mol. The molecule has 0 radical (unpaired) electrons. The summed E-state index contributed by atoms with van der Waals surface area (Å²) in [6, 6.07) is 11.7. The quantitative estimate of drug-likeness (QED) is 0.566. The van der Waals surface area contributed by atoms with E-state index in [0.29, 0.717) is 5.75 Å². The topological polar surface area (TPSA) is 9.23 Å². The molecule has 0 aliphatic carbocycles. The first kappa shape index (κ1) is 10.9. The van der Waals surface area contributed by atoms with E-state index in [1.807, 2.05) is 36.4 Å². The highest BCUT2D eigenvalue weighted by Crippen LogP contribution is 2.24. The molecule has 4 heteroatoms. The molecule has 0 bridgehead atoms. The molecule has 0 fully saturated rings. The van der Waals surface area contributed by atoms with E-state index in [-0.39, 0.29) is 4.51 Å². The number of fused-ring (bicyclic) bond motifs is 1. The minimum atomic E-state index is 0.00598. The molecule has 1 nitrogen and oxygen atoms in total. The Morgan fingerprint density at radius 2 is 1.80 bits per heavy atom. The number of halogens is 2. The fourth-order valence-electron chi connectivity index (χ4n) is 1.35. The molecule has 0 unspecified atom stereocenters. The van der Waals surface area contributed by atoms with Crippen molar-refractivity contribution in [3.8, 4) is 5.75 Å². The third-order valence-electron chi connectivity index (χ3n) is 1.97. The predicted molar refractivity (Wildman–Crippen MR) is 70.7 cm³/mol. The summed E-state index contributed by atoms with van der Waals surface area (Å²) in [6.07, 6.45) is 0. The van der Waals surface area contributed by atoms with Crippen LogP contribution in [-0.2, 0) is 0 Å². The molecule has 0 spiro atoms. The molecule has 0 aliphatic rings. The van der Waals surface area contributed by atoms with Crippen molar-refractivity contribution in [2.45, 2.75) is 0 Å². The van der Waals surface area contributed by atoms with Gasteiger partial charge in [-0.1, -0.05) is 28.1 Å². The van der Waals surface area contributed by atoms with Gasteiger partial charge in [-0.05, 0) is 58.9 Å². The second-order valence-electron chi connectivity index (χ2n) is 2.99. The monoisotopic (exact) mass is 300 g/mol. The zero-order chi connectivity index (χ0) is 10.8. The maximum absolute atomic E-state index is 5.49. The van der Waals surface area contributed by atoms with Gasteiger partial charge in [-0.2, -0.15) is 0 Å². The second kappa shape index (κ2) is 4.47. The van der Waals surface area contributed by atoms with Crippen LogP contribution in [0.2, 0.25) is 0 Å². The first-order valence-corrected chi connectivity index (χ1v) is 5.80. The van der Waals surface area contributed by atoms with E-state index in [0.717, 1.165) is 15.2 Å². The third kappa shape index (κ3) is 2.68. The van der Waals surface area contributed by atoms with Crippen LogP contribution in [-0.4, -0.2) is 4.51 Å². The Morgan fingerprint density at radius 1 is 1.13 bits per heavy atom. The highest BCUT2D eigenvalue weighted by Gasteiger charge is 1.99. The fraction of sp³-hybridized carbons (Fsp3) is 0. The van der Waals surface area contributed by atoms with Gasteiger partial charge in [0, 0.05) is 4.47 Å². The van der Waals surface area contributed by atoms with Crippen molar-refractivity contribution in [2.24, 2.45) is 0 Å². The Hall–Kier alpha value is -0.640. The van der Waals surface area contributed by atoms with E-state index in [1.165, 1.54) is 0 Å². The Morgan fingerprint density at radius 3 is 2.53 bits per heavy atom. The van der Waals surface area contributed by atoms with Crippen molar-refractivity contribution in [1.82, 2.24) is 0 Å². The maximum atomic E-state index is 5.49. The van der Waals surface area contributed by atoms with Crippen LogP contribution in [0.5, 0.6) is 5.75 Å². The molecule has 0 saturated carbocycles. The van der Waals surface area contributed by atoms with E-state index in [4.69, 9.17) is 16.3 Å². The molecule has 0 aliphatic heterocycles. The Balaban J connectivity index is 2.47. The van der Waals surface area contributed by atoms with Gasteiger partial charge in [-0.15, -0.1) is 0 Å². The number of thiocarbonyl (C=S) groups is 1. The van der Waals surface area contributed by atoms with E-state index in [2.05, 4.69) is 28.1 Å². The zero-order valence-corrected chi connectivity index (χ0v) is 10.7. The number of benzene rings is 2. The van der Waals surface area contributed by atoms with E-state index in [9.17, 15) is 0 Å². The van der Waals surface area contributed by atoms with Crippen LogP contribution in [0.3, 0.4) is 0 Å². The van der Waals surface area contributed by atoms with Gasteiger partial charge < -0.3 is 4.74 Å². The SMILES string of the molecule is S=C(Cl)Oc1ccc2cc(Br)ccc2c1. The Bertz CT molecular complexity index is 527. The van der Waals surface area contributed by atoms with Gasteiger partial charge in [0.2, 0.25) is 0 Å². The molecule has 2 aromatic carbocycles. The molecule has 15 heavy (non-hydrogen) atoms. The first-order chi connectivity index (χ1) is 7.15. The summed E-state index contributed by atoms with van der Waals surface area (Å²) in [4.78, 5) is 0. The Labute approximate surface area is 106 Å². The molecule has 0 saturated heterocycles. The van der Waals surface area contributed by atoms with Crippen LogP contribution in [0.25, 0.3) is 10.8 Å². The molecule has 0 amide bonds. The summed E-state index contributed by atoms with van der Waals surface area (Å²) in [6.45, 7) is 0. The molecular formula is C11H6BrClOS. The largest absolute Gasteiger partial charge is 0.436 e. The van der Waals surface area contributed by atoms with Gasteiger partial charge in [0.1, 0.15) is 5.75 Å². The van der Waals surface area contributed by atoms with Crippen molar-refractivity contribution in [3.05, 3.63) is 40.9 Å². The van der Waals surface area contributed by atoms with Crippen LogP contribution in [0.4, 0.5) is 0 Å². The third-order valence-corrected chi connectivity index (χ3v) is 2.63. The molecule has 2 aromatic rings. The van der Waals surface area contributed by atoms with Crippen LogP contribution < -0.4 is 4.74 Å². The zero-order valence-electron chi connectivity index (χ0n) is 7.54. The van der Waals surface area contributed by atoms with Gasteiger partial charge in [0.05, 0.1) is 0 Å². The summed E-state index contributed by atoms with van der Waals surface area (Å²) < 4.78 is 6.20. The molecule has 76 valence electrons. The van der Waals surface area contributed by atoms with Crippen LogP contribution in [0, 0.1) is 0 Å². The molecule has 0 heterocycles. The molecule has 0 N–H and O–H groups in total. The van der Waals surface area contributed by atoms with Crippen molar-refractivity contribution in [1.29, 1.82) is 0 Å². The van der Waals surface area contributed by atoms with Gasteiger partial charge in [-0.3, -0.25) is 0 Å². The molecule has 0 aromatic heterocycles. The summed E-state index contributed by atoms with van der Waals surface area (Å²) in [5.74, 6) is 0.657. The second-order valence-corrected chi connectivity index (χ2v) is 4.85. The lowest BCUT2D eigenvalue weighted by Gasteiger charge is -2.03. The average molecular weight is 302 g/mol. The van der Waals surface area contributed by atoms with Crippen molar-refractivity contribution >= 4 is 55.0 Å². The van der Waals surface area contributed by atoms with Gasteiger partial charge in [0.15, 0.2) is 0 Å². The van der Waals surface area contributed by atoms with Gasteiger partial charge in [0.25, 0.3) is 4.51 Å². The lowest BCUT2D eigenvalue weighted by atomic mass is 10.1. The van der Waals surface area contributed by atoms with E-state index in [1.54, 1.807) is 0 Å². The van der Waals surface area contributed by atoms with Crippen LogP contribution in [0.1, 0.15) is 0 Å². The number of ether oxygens (including phenoxy) is 1. The summed E-state index contributed by atoms with van der Waals surface area (Å²) >= 11 is 13.6.